The van der Waals surface area contributed by atoms with E-state index in [9.17, 15) is 4.79 Å². The minimum absolute atomic E-state index is 0.0125. The first kappa shape index (κ1) is 20.1. The van der Waals surface area contributed by atoms with Gasteiger partial charge in [-0.05, 0) is 44.0 Å². The molecule has 2 aromatic heterocycles. The third-order valence-electron chi connectivity index (χ3n) is 5.34. The Balaban J connectivity index is 1.56. The molecule has 1 amide bonds. The zero-order chi connectivity index (χ0) is 20.9. The second-order valence-electron chi connectivity index (χ2n) is 7.38. The zero-order valence-corrected chi connectivity index (χ0v) is 17.5. The molecular weight excluding hydrogens is 392 g/mol. The molecule has 0 unspecified atom stereocenters. The second-order valence-corrected chi connectivity index (χ2v) is 8.70. The SMILES string of the molecule is C[C@@H]1CC[C@@H](Sc2cc(C#N)ccn2)CN1C(=O)c1cccnc1-c1ccccc1. The third kappa shape index (κ3) is 4.37. The van der Waals surface area contributed by atoms with Gasteiger partial charge >= 0.3 is 0 Å². The molecule has 1 aromatic carbocycles. The van der Waals surface area contributed by atoms with Crippen molar-refractivity contribution in [2.45, 2.75) is 36.1 Å². The van der Waals surface area contributed by atoms with Crippen LogP contribution in [0.1, 0.15) is 35.7 Å². The summed E-state index contributed by atoms with van der Waals surface area (Å²) in [5.41, 5.74) is 2.89. The van der Waals surface area contributed by atoms with E-state index in [0.29, 0.717) is 23.4 Å². The number of aromatic nitrogens is 2. The number of hydrogen-bond acceptors (Lipinski definition) is 5. The average Bonchev–Trinajstić information content (AvgIpc) is 2.80. The lowest BCUT2D eigenvalue weighted by atomic mass is 10.00. The summed E-state index contributed by atoms with van der Waals surface area (Å²) in [4.78, 5) is 24.4. The highest BCUT2D eigenvalue weighted by Gasteiger charge is 2.31. The molecule has 1 saturated heterocycles. The molecule has 0 bridgehead atoms. The van der Waals surface area contributed by atoms with Crippen LogP contribution in [-0.2, 0) is 0 Å². The number of carbonyl (C=O) groups excluding carboxylic acids is 1. The van der Waals surface area contributed by atoms with Gasteiger partial charge in [-0.3, -0.25) is 9.78 Å². The molecule has 0 saturated carbocycles. The summed E-state index contributed by atoms with van der Waals surface area (Å²) in [5, 5.41) is 10.2. The molecule has 4 rings (SSSR count). The van der Waals surface area contributed by atoms with Crippen LogP contribution in [-0.4, -0.2) is 38.6 Å². The summed E-state index contributed by atoms with van der Waals surface area (Å²) in [7, 11) is 0. The lowest BCUT2D eigenvalue weighted by Crippen LogP contribution is -2.46. The number of rotatable bonds is 4. The Labute approximate surface area is 180 Å². The first-order valence-corrected chi connectivity index (χ1v) is 10.9. The van der Waals surface area contributed by atoms with Crippen LogP contribution < -0.4 is 0 Å². The summed E-state index contributed by atoms with van der Waals surface area (Å²) >= 11 is 1.64. The van der Waals surface area contributed by atoms with E-state index in [4.69, 9.17) is 5.26 Å². The molecule has 3 aromatic rings. The second kappa shape index (κ2) is 9.10. The van der Waals surface area contributed by atoms with E-state index >= 15 is 0 Å². The normalized spacial score (nSPS) is 18.6. The maximum absolute atomic E-state index is 13.5. The third-order valence-corrected chi connectivity index (χ3v) is 6.52. The Hall–Kier alpha value is -3.17. The quantitative estimate of drug-likeness (QED) is 0.613. The summed E-state index contributed by atoms with van der Waals surface area (Å²) < 4.78 is 0. The van der Waals surface area contributed by atoms with E-state index in [2.05, 4.69) is 23.0 Å². The molecule has 0 spiro atoms. The predicted octanol–water partition coefficient (Wildman–Crippen LogP) is 4.80. The van der Waals surface area contributed by atoms with Crippen molar-refractivity contribution in [1.29, 1.82) is 5.26 Å². The zero-order valence-electron chi connectivity index (χ0n) is 16.7. The number of thioether (sulfide) groups is 1. The molecule has 2 atom stereocenters. The van der Waals surface area contributed by atoms with E-state index in [1.54, 1.807) is 30.2 Å². The Morgan fingerprint density at radius 2 is 1.93 bits per heavy atom. The molecule has 30 heavy (non-hydrogen) atoms. The number of piperidine rings is 1. The van der Waals surface area contributed by atoms with E-state index < -0.39 is 0 Å². The van der Waals surface area contributed by atoms with E-state index in [0.717, 1.165) is 23.4 Å². The van der Waals surface area contributed by atoms with Gasteiger partial charge in [0.25, 0.3) is 5.91 Å². The van der Waals surface area contributed by atoms with E-state index in [1.807, 2.05) is 53.4 Å². The van der Waals surface area contributed by atoms with Crippen molar-refractivity contribution >= 4 is 17.7 Å². The lowest BCUT2D eigenvalue weighted by molar-refractivity contribution is 0.0642. The predicted molar refractivity (Wildman–Crippen MR) is 118 cm³/mol. The standard InChI is InChI=1S/C24H22N4OS/c1-17-9-10-20(30-22-14-18(15-25)11-13-26-22)16-28(17)24(29)21-8-5-12-27-23(21)19-6-3-2-4-7-19/h2-8,11-14,17,20H,9-10,16H2,1H3/t17-,20-/m1/s1. The lowest BCUT2D eigenvalue weighted by Gasteiger charge is -2.38. The van der Waals surface area contributed by atoms with Gasteiger partial charge in [0.15, 0.2) is 0 Å². The van der Waals surface area contributed by atoms with Crippen LogP contribution in [0, 0.1) is 11.3 Å². The average molecular weight is 415 g/mol. The number of nitriles is 1. The van der Waals surface area contributed by atoms with Gasteiger partial charge in [0.05, 0.1) is 27.9 Å². The molecule has 6 heteroatoms. The van der Waals surface area contributed by atoms with Crippen LogP contribution in [0.5, 0.6) is 0 Å². The number of likely N-dealkylation sites (tertiary alicyclic amines) is 1. The molecular formula is C24H22N4OS. The molecule has 3 heterocycles. The van der Waals surface area contributed by atoms with Crippen LogP contribution >= 0.6 is 11.8 Å². The fourth-order valence-corrected chi connectivity index (χ4v) is 4.87. The van der Waals surface area contributed by atoms with Gasteiger partial charge in [0.1, 0.15) is 0 Å². The number of amides is 1. The van der Waals surface area contributed by atoms with Gasteiger partial charge in [-0.1, -0.05) is 30.3 Å². The maximum Gasteiger partial charge on any atom is 0.256 e. The fourth-order valence-electron chi connectivity index (χ4n) is 3.73. The monoisotopic (exact) mass is 414 g/mol. The van der Waals surface area contributed by atoms with E-state index in [1.165, 1.54) is 0 Å². The van der Waals surface area contributed by atoms with Crippen LogP contribution in [0.3, 0.4) is 0 Å². The molecule has 5 nitrogen and oxygen atoms in total. The number of hydrogen-bond donors (Lipinski definition) is 0. The topological polar surface area (TPSA) is 69.9 Å². The summed E-state index contributed by atoms with van der Waals surface area (Å²) in [6.45, 7) is 2.75. The van der Waals surface area contributed by atoms with Gasteiger partial charge in [-0.15, -0.1) is 11.8 Å². The van der Waals surface area contributed by atoms with Crippen molar-refractivity contribution < 1.29 is 4.79 Å². The highest BCUT2D eigenvalue weighted by Crippen LogP contribution is 2.32. The van der Waals surface area contributed by atoms with Gasteiger partial charge in [0, 0.05) is 35.8 Å². The highest BCUT2D eigenvalue weighted by molar-refractivity contribution is 7.99. The Morgan fingerprint density at radius 3 is 2.73 bits per heavy atom. The molecule has 0 aliphatic carbocycles. The first-order valence-electron chi connectivity index (χ1n) is 10.00. The maximum atomic E-state index is 13.5. The van der Waals surface area contributed by atoms with Crippen LogP contribution in [0.4, 0.5) is 0 Å². The summed E-state index contributed by atoms with van der Waals surface area (Å²) in [6, 6.07) is 19.3. The van der Waals surface area contributed by atoms with Crippen molar-refractivity contribution in [3.05, 3.63) is 78.1 Å². The van der Waals surface area contributed by atoms with Gasteiger partial charge < -0.3 is 4.90 Å². The molecule has 1 aliphatic heterocycles. The van der Waals surface area contributed by atoms with Gasteiger partial charge in [0.2, 0.25) is 0 Å². The Morgan fingerprint density at radius 1 is 1.10 bits per heavy atom. The van der Waals surface area contributed by atoms with Crippen molar-refractivity contribution in [2.24, 2.45) is 0 Å². The molecule has 150 valence electrons. The van der Waals surface area contributed by atoms with Crippen molar-refractivity contribution in [3.8, 4) is 17.3 Å². The van der Waals surface area contributed by atoms with Crippen molar-refractivity contribution in [3.63, 3.8) is 0 Å². The Kier molecular flexibility index (Phi) is 6.10. The van der Waals surface area contributed by atoms with Crippen LogP contribution in [0.2, 0.25) is 0 Å². The Bertz CT molecular complexity index is 1080. The minimum Gasteiger partial charge on any atom is -0.335 e. The molecule has 0 N–H and O–H groups in total. The number of benzene rings is 1. The van der Waals surface area contributed by atoms with Crippen molar-refractivity contribution in [2.75, 3.05) is 6.54 Å². The van der Waals surface area contributed by atoms with Gasteiger partial charge in [-0.2, -0.15) is 5.26 Å². The molecule has 1 fully saturated rings. The van der Waals surface area contributed by atoms with Crippen LogP contribution in [0.15, 0.2) is 72.0 Å². The fraction of sp³-hybridized carbons (Fsp3) is 0.250. The summed E-state index contributed by atoms with van der Waals surface area (Å²) in [5.74, 6) is 0.0125. The smallest absolute Gasteiger partial charge is 0.256 e. The first-order chi connectivity index (χ1) is 14.7. The van der Waals surface area contributed by atoms with Crippen LogP contribution in [0.25, 0.3) is 11.3 Å². The van der Waals surface area contributed by atoms with E-state index in [-0.39, 0.29) is 17.2 Å². The highest BCUT2D eigenvalue weighted by atomic mass is 32.2. The molecule has 0 radical (unpaired) electrons. The summed E-state index contributed by atoms with van der Waals surface area (Å²) in [6.07, 6.45) is 5.33. The largest absolute Gasteiger partial charge is 0.335 e. The number of pyridine rings is 2. The van der Waals surface area contributed by atoms with Crippen molar-refractivity contribution in [1.82, 2.24) is 14.9 Å². The minimum atomic E-state index is 0.0125. The van der Waals surface area contributed by atoms with Gasteiger partial charge in [-0.25, -0.2) is 4.98 Å². The molecule has 1 aliphatic rings. The number of carbonyl (C=O) groups is 1. The number of nitrogens with zero attached hydrogens (tertiary/aromatic N) is 4.